The lowest BCUT2D eigenvalue weighted by Crippen LogP contribution is -2.43. The van der Waals surface area contributed by atoms with Crippen molar-refractivity contribution < 1.29 is 0 Å². The fourth-order valence-electron chi connectivity index (χ4n) is 2.45. The summed E-state index contributed by atoms with van der Waals surface area (Å²) in [5.74, 6) is 3.86. The number of nitrogens with zero attached hydrogens (tertiary/aromatic N) is 3. The van der Waals surface area contributed by atoms with E-state index < -0.39 is 0 Å². The van der Waals surface area contributed by atoms with Crippen LogP contribution in [0.25, 0.3) is 0 Å². The first-order valence-electron chi connectivity index (χ1n) is 6.65. The fraction of sp³-hybridized carbons (Fsp3) is 0.643. The minimum Gasteiger partial charge on any atom is -0.338 e. The molecule has 0 spiro atoms. The number of hydrogen-bond acceptors (Lipinski definition) is 3. The zero-order valence-corrected chi connectivity index (χ0v) is 11.1. The lowest BCUT2D eigenvalue weighted by atomic mass is 10.1. The maximum atomic E-state index is 5.33. The average molecular weight is 246 g/mol. The van der Waals surface area contributed by atoms with Crippen molar-refractivity contribution in [1.29, 1.82) is 0 Å². The van der Waals surface area contributed by atoms with Gasteiger partial charge in [0.05, 0.1) is 6.54 Å². The lowest BCUT2D eigenvalue weighted by Gasteiger charge is -2.31. The maximum absolute atomic E-state index is 5.33. The predicted octanol–water partition coefficient (Wildman–Crippen LogP) is 0.650. The Bertz CT molecular complexity index is 396. The van der Waals surface area contributed by atoms with Gasteiger partial charge in [-0.2, -0.15) is 0 Å². The van der Waals surface area contributed by atoms with E-state index in [-0.39, 0.29) is 0 Å². The van der Waals surface area contributed by atoms with E-state index in [0.29, 0.717) is 6.04 Å². The largest absolute Gasteiger partial charge is 0.338 e. The molecule has 0 unspecified atom stereocenters. The maximum Gasteiger partial charge on any atom is 0.109 e. The van der Waals surface area contributed by atoms with Crippen molar-refractivity contribution in [2.24, 2.45) is 7.05 Å². The van der Waals surface area contributed by atoms with Crippen LogP contribution in [-0.4, -0.2) is 46.7 Å². The Balaban J connectivity index is 1.64. The highest BCUT2D eigenvalue weighted by molar-refractivity contribution is 4.93. The van der Waals surface area contributed by atoms with Gasteiger partial charge in [0.15, 0.2) is 0 Å². The van der Waals surface area contributed by atoms with E-state index in [1.165, 1.54) is 12.8 Å². The molecule has 0 aromatic carbocycles. The average Bonchev–Trinajstić information content (AvgIpc) is 2.78. The highest BCUT2D eigenvalue weighted by atomic mass is 15.1. The van der Waals surface area contributed by atoms with E-state index in [2.05, 4.69) is 25.7 Å². The van der Waals surface area contributed by atoms with E-state index in [9.17, 15) is 0 Å². The molecule has 0 amide bonds. The molecule has 0 radical (unpaired) electrons. The smallest absolute Gasteiger partial charge is 0.109 e. The Hall–Kier alpha value is -1.31. The summed E-state index contributed by atoms with van der Waals surface area (Å²) in [5, 5.41) is 3.62. The van der Waals surface area contributed by atoms with Gasteiger partial charge in [0, 0.05) is 51.5 Å². The highest BCUT2D eigenvalue weighted by Gasteiger charge is 2.17. The van der Waals surface area contributed by atoms with Gasteiger partial charge in [0.25, 0.3) is 0 Å². The molecule has 2 heterocycles. The molecule has 0 atom stereocenters. The van der Waals surface area contributed by atoms with Gasteiger partial charge >= 0.3 is 0 Å². The number of imidazole rings is 1. The Kier molecular flexibility index (Phi) is 4.80. The summed E-state index contributed by atoms with van der Waals surface area (Å²) in [4.78, 5) is 6.67. The summed E-state index contributed by atoms with van der Waals surface area (Å²) >= 11 is 0. The molecule has 1 aromatic heterocycles. The summed E-state index contributed by atoms with van der Waals surface area (Å²) < 4.78 is 2.08. The van der Waals surface area contributed by atoms with Gasteiger partial charge in [0.2, 0.25) is 0 Å². The molecule has 1 aliphatic rings. The van der Waals surface area contributed by atoms with Crippen LogP contribution in [0.2, 0.25) is 0 Å². The first kappa shape index (κ1) is 13.1. The molecular formula is C14H22N4. The van der Waals surface area contributed by atoms with Gasteiger partial charge in [-0.05, 0) is 12.8 Å². The van der Waals surface area contributed by atoms with Gasteiger partial charge in [-0.1, -0.05) is 5.92 Å². The molecule has 1 N–H and O–H groups in total. The second-order valence-corrected chi connectivity index (χ2v) is 4.91. The summed E-state index contributed by atoms with van der Waals surface area (Å²) in [6, 6.07) is 0.638. The van der Waals surface area contributed by atoms with E-state index >= 15 is 0 Å². The number of rotatable bonds is 5. The first-order chi connectivity index (χ1) is 8.79. The minimum absolute atomic E-state index is 0.638. The third-order valence-corrected chi connectivity index (χ3v) is 3.61. The van der Waals surface area contributed by atoms with Crippen LogP contribution in [0.5, 0.6) is 0 Å². The molecule has 98 valence electrons. The molecule has 1 aromatic rings. The summed E-state index contributed by atoms with van der Waals surface area (Å²) in [7, 11) is 2.04. The zero-order chi connectivity index (χ0) is 12.8. The lowest BCUT2D eigenvalue weighted by molar-refractivity contribution is 0.218. The van der Waals surface area contributed by atoms with Crippen LogP contribution in [0.15, 0.2) is 12.4 Å². The number of aryl methyl sites for hydroxylation is 1. The van der Waals surface area contributed by atoms with Crippen LogP contribution in [0.4, 0.5) is 0 Å². The third-order valence-electron chi connectivity index (χ3n) is 3.61. The van der Waals surface area contributed by atoms with E-state index in [4.69, 9.17) is 6.42 Å². The van der Waals surface area contributed by atoms with Crippen molar-refractivity contribution in [2.75, 3.05) is 26.2 Å². The Labute approximate surface area is 109 Å². The predicted molar refractivity (Wildman–Crippen MR) is 73.2 cm³/mol. The first-order valence-corrected chi connectivity index (χ1v) is 6.65. The molecule has 18 heavy (non-hydrogen) atoms. The molecular weight excluding hydrogens is 224 g/mol. The Morgan fingerprint density at radius 1 is 1.50 bits per heavy atom. The zero-order valence-electron chi connectivity index (χ0n) is 11.1. The van der Waals surface area contributed by atoms with Crippen LogP contribution >= 0.6 is 0 Å². The second kappa shape index (κ2) is 6.58. The van der Waals surface area contributed by atoms with Gasteiger partial charge in [-0.15, -0.1) is 6.42 Å². The molecule has 2 rings (SSSR count). The second-order valence-electron chi connectivity index (χ2n) is 4.91. The van der Waals surface area contributed by atoms with E-state index in [1.807, 2.05) is 19.4 Å². The molecule has 1 aliphatic heterocycles. The number of aromatic nitrogens is 2. The van der Waals surface area contributed by atoms with Crippen LogP contribution in [-0.2, 0) is 13.5 Å². The van der Waals surface area contributed by atoms with Crippen molar-refractivity contribution in [3.63, 3.8) is 0 Å². The minimum atomic E-state index is 0.638. The van der Waals surface area contributed by atoms with Crippen molar-refractivity contribution in [2.45, 2.75) is 25.3 Å². The van der Waals surface area contributed by atoms with Gasteiger partial charge in [-0.25, -0.2) is 4.98 Å². The molecule has 0 saturated carbocycles. The van der Waals surface area contributed by atoms with Crippen molar-refractivity contribution >= 4 is 0 Å². The summed E-state index contributed by atoms with van der Waals surface area (Å²) in [6.45, 7) is 4.03. The summed E-state index contributed by atoms with van der Waals surface area (Å²) in [6.07, 6.45) is 12.6. The standard InChI is InChI=1S/C14H22N4/c1-3-9-18-10-5-13(6-11-18)15-7-4-14-16-8-12-17(14)2/h1,8,12-13,15H,4-7,9-11H2,2H3. The molecule has 4 heteroatoms. The quantitative estimate of drug-likeness (QED) is 0.774. The molecule has 0 aliphatic carbocycles. The van der Waals surface area contributed by atoms with Crippen LogP contribution in [0.1, 0.15) is 18.7 Å². The number of nitrogens with one attached hydrogen (secondary N) is 1. The van der Waals surface area contributed by atoms with Crippen molar-refractivity contribution in [1.82, 2.24) is 19.8 Å². The Morgan fingerprint density at radius 3 is 2.89 bits per heavy atom. The van der Waals surface area contributed by atoms with Crippen LogP contribution in [0.3, 0.4) is 0 Å². The number of terminal acetylenes is 1. The van der Waals surface area contributed by atoms with Crippen LogP contribution < -0.4 is 5.32 Å². The molecule has 4 nitrogen and oxygen atoms in total. The number of hydrogen-bond donors (Lipinski definition) is 1. The van der Waals surface area contributed by atoms with Crippen molar-refractivity contribution in [3.8, 4) is 12.3 Å². The normalized spacial score (nSPS) is 17.8. The van der Waals surface area contributed by atoms with Crippen molar-refractivity contribution in [3.05, 3.63) is 18.2 Å². The topological polar surface area (TPSA) is 33.1 Å². The van der Waals surface area contributed by atoms with Gasteiger partial charge < -0.3 is 9.88 Å². The van der Waals surface area contributed by atoms with Gasteiger partial charge in [0.1, 0.15) is 5.82 Å². The molecule has 1 saturated heterocycles. The monoisotopic (exact) mass is 246 g/mol. The van der Waals surface area contributed by atoms with Crippen LogP contribution in [0, 0.1) is 12.3 Å². The number of likely N-dealkylation sites (tertiary alicyclic amines) is 1. The summed E-state index contributed by atoms with van der Waals surface area (Å²) in [5.41, 5.74) is 0. The van der Waals surface area contributed by atoms with E-state index in [0.717, 1.165) is 38.4 Å². The third kappa shape index (κ3) is 3.59. The number of piperidine rings is 1. The molecule has 0 bridgehead atoms. The van der Waals surface area contributed by atoms with Gasteiger partial charge in [-0.3, -0.25) is 4.90 Å². The highest BCUT2D eigenvalue weighted by Crippen LogP contribution is 2.09. The SMILES string of the molecule is C#CCN1CCC(NCCc2nccn2C)CC1. The fourth-order valence-corrected chi connectivity index (χ4v) is 2.45. The van der Waals surface area contributed by atoms with E-state index in [1.54, 1.807) is 0 Å². The Morgan fingerprint density at radius 2 is 2.28 bits per heavy atom. The molecule has 1 fully saturated rings.